The fourth-order valence-electron chi connectivity index (χ4n) is 11.7. The van der Waals surface area contributed by atoms with Gasteiger partial charge in [0.05, 0.1) is 27.8 Å². The fraction of sp³-hybridized carbons (Fsp3) is 0.0938. The van der Waals surface area contributed by atoms with Crippen LogP contribution in [0.1, 0.15) is 52.3 Å². The summed E-state index contributed by atoms with van der Waals surface area (Å²) in [7, 11) is 0. The summed E-state index contributed by atoms with van der Waals surface area (Å²) in [6, 6.07) is 80.1. The highest BCUT2D eigenvalue weighted by Gasteiger charge is 2.51. The van der Waals surface area contributed by atoms with E-state index in [2.05, 4.69) is 243 Å². The van der Waals surface area contributed by atoms with Gasteiger partial charge in [-0.05, 0) is 148 Å². The average molecular weight is 845 g/mol. The number of aryl methyl sites for hydroxylation is 3. The van der Waals surface area contributed by atoms with Crippen molar-refractivity contribution in [3.8, 4) is 39.1 Å². The second kappa shape index (κ2) is 14.8. The molecule has 13 rings (SSSR count). The fourth-order valence-corrected chi connectivity index (χ4v) is 11.7. The molecule has 0 N–H and O–H groups in total. The molecule has 314 valence electrons. The van der Waals surface area contributed by atoms with E-state index in [-0.39, 0.29) is 0 Å². The van der Waals surface area contributed by atoms with Crippen molar-refractivity contribution in [2.75, 3.05) is 4.90 Å². The molecule has 1 aromatic heterocycles. The topological polar surface area (TPSA) is 8.17 Å². The molecule has 0 fully saturated rings. The summed E-state index contributed by atoms with van der Waals surface area (Å²) in [5.74, 6) is 0. The third kappa shape index (κ3) is 5.61. The maximum Gasteiger partial charge on any atom is 0.0754 e. The van der Waals surface area contributed by atoms with Gasteiger partial charge in [-0.3, -0.25) is 0 Å². The minimum absolute atomic E-state index is 0.503. The molecular weight excluding hydrogens is 797 g/mol. The minimum Gasteiger partial charge on any atom is -0.310 e. The van der Waals surface area contributed by atoms with Crippen molar-refractivity contribution in [2.24, 2.45) is 0 Å². The van der Waals surface area contributed by atoms with E-state index in [1.807, 2.05) is 0 Å². The lowest BCUT2D eigenvalue weighted by Crippen LogP contribution is -2.33. The van der Waals surface area contributed by atoms with Crippen LogP contribution in [0.5, 0.6) is 0 Å². The van der Waals surface area contributed by atoms with E-state index in [0.717, 1.165) is 29.9 Å². The van der Waals surface area contributed by atoms with Gasteiger partial charge in [-0.15, -0.1) is 0 Å². The Kier molecular flexibility index (Phi) is 8.64. The molecule has 0 atom stereocenters. The van der Waals surface area contributed by atoms with Crippen LogP contribution in [0.3, 0.4) is 0 Å². The zero-order valence-corrected chi connectivity index (χ0v) is 37.5. The Hall–Kier alpha value is -7.94. The quantitative estimate of drug-likeness (QED) is 0.155. The van der Waals surface area contributed by atoms with Crippen LogP contribution in [0.2, 0.25) is 0 Å². The van der Waals surface area contributed by atoms with E-state index < -0.39 is 5.41 Å². The van der Waals surface area contributed by atoms with Gasteiger partial charge in [-0.2, -0.15) is 0 Å². The molecule has 2 aliphatic rings. The molecule has 0 amide bonds. The maximum atomic E-state index is 2.56. The first-order chi connectivity index (χ1) is 32.5. The van der Waals surface area contributed by atoms with Gasteiger partial charge in [0.25, 0.3) is 0 Å². The van der Waals surface area contributed by atoms with E-state index in [0.29, 0.717) is 0 Å². The smallest absolute Gasteiger partial charge is 0.0754 e. The highest BCUT2D eigenvalue weighted by Crippen LogP contribution is 2.61. The van der Waals surface area contributed by atoms with Gasteiger partial charge in [0.2, 0.25) is 0 Å². The first kappa shape index (κ1) is 38.5. The van der Waals surface area contributed by atoms with Crippen LogP contribution in [-0.4, -0.2) is 4.57 Å². The number of benzene rings is 10. The van der Waals surface area contributed by atoms with Crippen LogP contribution < -0.4 is 4.90 Å². The van der Waals surface area contributed by atoms with E-state index in [1.54, 1.807) is 0 Å². The number of hydrogen-bond donors (Lipinski definition) is 0. The Morgan fingerprint density at radius 2 is 1.03 bits per heavy atom. The van der Waals surface area contributed by atoms with Crippen molar-refractivity contribution in [2.45, 2.75) is 39.0 Å². The van der Waals surface area contributed by atoms with Gasteiger partial charge in [0.1, 0.15) is 0 Å². The zero-order valence-electron chi connectivity index (χ0n) is 37.5. The van der Waals surface area contributed by atoms with Gasteiger partial charge in [-0.25, -0.2) is 0 Å². The monoisotopic (exact) mass is 844 g/mol. The second-order valence-corrected chi connectivity index (χ2v) is 18.5. The number of rotatable bonds is 7. The molecule has 2 heteroatoms. The Bertz CT molecular complexity index is 3670. The third-order valence-corrected chi connectivity index (χ3v) is 14.6. The van der Waals surface area contributed by atoms with Gasteiger partial charge in [-0.1, -0.05) is 176 Å². The second-order valence-electron chi connectivity index (χ2n) is 18.5. The molecule has 0 saturated carbocycles. The van der Waals surface area contributed by atoms with Gasteiger partial charge < -0.3 is 9.47 Å². The van der Waals surface area contributed by atoms with E-state index >= 15 is 0 Å². The molecule has 1 aliphatic heterocycles. The van der Waals surface area contributed by atoms with Crippen LogP contribution in [0.25, 0.3) is 71.6 Å². The van der Waals surface area contributed by atoms with Gasteiger partial charge in [0, 0.05) is 27.5 Å². The van der Waals surface area contributed by atoms with Crippen LogP contribution in [-0.2, 0) is 11.8 Å². The standard InChI is InChI=1S/C64H48N2/c1-4-12-43-22-24-44(25-23-43)45-26-31-49(32-27-45)65(60-20-11-14-47-13-5-6-15-51(47)60)50-33-28-46(29-34-50)48-30-36-62-58(40-48)64(56-18-9-7-16-52(56)53-17-8-10-19-57(53)64)59-39-42(3)38-55-54-37-41(2)21-35-61(54)66(62)63(55)59/h5-11,13-40H,4,12H2,1-3H3. The summed E-state index contributed by atoms with van der Waals surface area (Å²) in [6.07, 6.45) is 2.26. The largest absolute Gasteiger partial charge is 0.310 e. The van der Waals surface area contributed by atoms with Crippen molar-refractivity contribution in [1.82, 2.24) is 4.57 Å². The lowest BCUT2D eigenvalue weighted by molar-refractivity contribution is 0.748. The molecule has 2 nitrogen and oxygen atoms in total. The molecule has 0 bridgehead atoms. The first-order valence-corrected chi connectivity index (χ1v) is 23.5. The molecule has 1 aliphatic carbocycles. The van der Waals surface area contributed by atoms with Gasteiger partial charge >= 0.3 is 0 Å². The molecule has 1 spiro atoms. The Morgan fingerprint density at radius 3 is 1.73 bits per heavy atom. The molecule has 11 aromatic rings. The van der Waals surface area contributed by atoms with Crippen molar-refractivity contribution in [3.63, 3.8) is 0 Å². The highest BCUT2D eigenvalue weighted by atomic mass is 15.1. The lowest BCUT2D eigenvalue weighted by Gasteiger charge is -2.40. The SMILES string of the molecule is CCCc1ccc(-c2ccc(N(c3ccc(-c4ccc5c(c4)C4(c6ccccc6-c6ccccc64)c4cc(C)cc6c7cc(C)ccc7n-5c46)cc3)c3cccc4ccccc34)cc2)cc1. The summed E-state index contributed by atoms with van der Waals surface area (Å²) in [5, 5.41) is 5.07. The first-order valence-electron chi connectivity index (χ1n) is 23.5. The Balaban J connectivity index is 0.984. The van der Waals surface area contributed by atoms with Crippen molar-refractivity contribution >= 4 is 49.6 Å². The molecule has 10 aromatic carbocycles. The van der Waals surface area contributed by atoms with Gasteiger partial charge in [0.15, 0.2) is 0 Å². The average Bonchev–Trinajstić information content (AvgIpc) is 3.84. The van der Waals surface area contributed by atoms with Crippen LogP contribution >= 0.6 is 0 Å². The number of aromatic nitrogens is 1. The summed E-state index contributed by atoms with van der Waals surface area (Å²) in [4.78, 5) is 2.41. The number of nitrogens with zero attached hydrogens (tertiary/aromatic N) is 2. The maximum absolute atomic E-state index is 2.56. The van der Waals surface area contributed by atoms with Crippen molar-refractivity contribution < 1.29 is 0 Å². The highest BCUT2D eigenvalue weighted by molar-refractivity contribution is 6.13. The number of anilines is 3. The Morgan fingerprint density at radius 1 is 0.439 bits per heavy atom. The summed E-state index contributed by atoms with van der Waals surface area (Å²) < 4.78 is 2.56. The zero-order chi connectivity index (χ0) is 44.1. The summed E-state index contributed by atoms with van der Waals surface area (Å²) in [5.41, 5.74) is 23.5. The molecule has 0 unspecified atom stereocenters. The van der Waals surface area contributed by atoms with E-state index in [1.165, 1.54) is 111 Å². The molecule has 2 heterocycles. The molecular formula is C64H48N2. The van der Waals surface area contributed by atoms with Crippen molar-refractivity contribution in [1.29, 1.82) is 0 Å². The third-order valence-electron chi connectivity index (χ3n) is 14.6. The minimum atomic E-state index is -0.503. The lowest BCUT2D eigenvalue weighted by atomic mass is 9.65. The van der Waals surface area contributed by atoms with Crippen molar-refractivity contribution in [3.05, 3.63) is 251 Å². The predicted molar refractivity (Wildman–Crippen MR) is 278 cm³/mol. The summed E-state index contributed by atoms with van der Waals surface area (Å²) in [6.45, 7) is 6.71. The molecule has 0 saturated heterocycles. The number of fused-ring (bicyclic) bond motifs is 13. The molecule has 0 radical (unpaired) electrons. The van der Waals surface area contributed by atoms with E-state index in [9.17, 15) is 0 Å². The van der Waals surface area contributed by atoms with Crippen LogP contribution in [0.15, 0.2) is 212 Å². The normalized spacial score (nSPS) is 13.0. The summed E-state index contributed by atoms with van der Waals surface area (Å²) >= 11 is 0. The van der Waals surface area contributed by atoms with E-state index in [4.69, 9.17) is 0 Å². The number of hydrogen-bond acceptors (Lipinski definition) is 1. The Labute approximate surface area is 386 Å². The van der Waals surface area contributed by atoms with Crippen LogP contribution in [0, 0.1) is 13.8 Å². The predicted octanol–water partition coefficient (Wildman–Crippen LogP) is 17.0. The van der Waals surface area contributed by atoms with Crippen LogP contribution in [0.4, 0.5) is 17.1 Å². The molecule has 66 heavy (non-hydrogen) atoms.